The van der Waals surface area contributed by atoms with Crippen LogP contribution in [0, 0.1) is 0 Å². The number of carbonyl (C=O) groups is 1. The van der Waals surface area contributed by atoms with Crippen LogP contribution in [0.5, 0.6) is 0 Å². The van der Waals surface area contributed by atoms with Crippen molar-refractivity contribution in [3.05, 3.63) is 71.5 Å². The Labute approximate surface area is 141 Å². The third-order valence-electron chi connectivity index (χ3n) is 4.05. The first-order valence-electron chi connectivity index (χ1n) is 8.05. The molecule has 0 atom stereocenters. The van der Waals surface area contributed by atoms with E-state index in [0.29, 0.717) is 19.6 Å². The molecule has 1 aromatic heterocycles. The van der Waals surface area contributed by atoms with Gasteiger partial charge in [0.1, 0.15) is 5.58 Å². The van der Waals surface area contributed by atoms with Gasteiger partial charge in [0.25, 0.3) is 0 Å². The number of furan rings is 1. The predicted octanol–water partition coefficient (Wildman–Crippen LogP) is 3.48. The van der Waals surface area contributed by atoms with Gasteiger partial charge in [-0.2, -0.15) is 0 Å². The van der Waals surface area contributed by atoms with E-state index in [2.05, 4.69) is 5.32 Å². The summed E-state index contributed by atoms with van der Waals surface area (Å²) >= 11 is 0. The van der Waals surface area contributed by atoms with E-state index >= 15 is 0 Å². The third-order valence-corrected chi connectivity index (χ3v) is 4.05. The molecule has 4 heteroatoms. The Hall–Kier alpha value is -2.59. The van der Waals surface area contributed by atoms with Crippen molar-refractivity contribution in [1.29, 1.82) is 0 Å². The highest BCUT2D eigenvalue weighted by molar-refractivity contribution is 5.81. The summed E-state index contributed by atoms with van der Waals surface area (Å²) in [6, 6.07) is 15.8. The molecule has 1 amide bonds. The molecule has 0 saturated carbocycles. The number of hydrogen-bond acceptors (Lipinski definition) is 3. The highest BCUT2D eigenvalue weighted by atomic mass is 16.5. The molecule has 0 aliphatic rings. The van der Waals surface area contributed by atoms with E-state index in [1.165, 1.54) is 0 Å². The van der Waals surface area contributed by atoms with Crippen LogP contribution in [0.1, 0.15) is 16.7 Å². The second-order valence-electron chi connectivity index (χ2n) is 5.74. The van der Waals surface area contributed by atoms with Gasteiger partial charge in [-0.25, -0.2) is 0 Å². The van der Waals surface area contributed by atoms with Crippen molar-refractivity contribution in [2.75, 3.05) is 13.7 Å². The molecule has 124 valence electrons. The van der Waals surface area contributed by atoms with Crippen LogP contribution in [0.15, 0.2) is 59.2 Å². The summed E-state index contributed by atoms with van der Waals surface area (Å²) in [5.74, 6) is 0.0198. The zero-order valence-electron chi connectivity index (χ0n) is 13.7. The first-order valence-corrected chi connectivity index (χ1v) is 8.05. The Morgan fingerprint density at radius 3 is 2.62 bits per heavy atom. The fourth-order valence-corrected chi connectivity index (χ4v) is 2.82. The van der Waals surface area contributed by atoms with Gasteiger partial charge in [-0.3, -0.25) is 4.79 Å². The first-order chi connectivity index (χ1) is 11.8. The molecule has 0 aliphatic carbocycles. The fraction of sp³-hybridized carbons (Fsp3) is 0.250. The van der Waals surface area contributed by atoms with Crippen molar-refractivity contribution >= 4 is 16.9 Å². The quantitative estimate of drug-likeness (QED) is 0.724. The largest absolute Gasteiger partial charge is 0.464 e. The fourth-order valence-electron chi connectivity index (χ4n) is 2.82. The van der Waals surface area contributed by atoms with Gasteiger partial charge in [-0.1, -0.05) is 42.5 Å². The maximum atomic E-state index is 12.2. The minimum atomic E-state index is 0.0198. The maximum Gasteiger partial charge on any atom is 0.224 e. The number of hydrogen-bond donors (Lipinski definition) is 1. The average molecular weight is 323 g/mol. The summed E-state index contributed by atoms with van der Waals surface area (Å²) in [7, 11) is 1.66. The highest BCUT2D eigenvalue weighted by Crippen LogP contribution is 2.20. The minimum Gasteiger partial charge on any atom is -0.464 e. The van der Waals surface area contributed by atoms with E-state index in [9.17, 15) is 4.79 Å². The minimum absolute atomic E-state index is 0.0198. The van der Waals surface area contributed by atoms with Crippen molar-refractivity contribution in [3.8, 4) is 0 Å². The number of benzene rings is 2. The monoisotopic (exact) mass is 323 g/mol. The molecule has 0 radical (unpaired) electrons. The Morgan fingerprint density at radius 2 is 1.79 bits per heavy atom. The summed E-state index contributed by atoms with van der Waals surface area (Å²) < 4.78 is 10.7. The first kappa shape index (κ1) is 16.3. The molecular formula is C20H21NO3. The van der Waals surface area contributed by atoms with Gasteiger partial charge in [-0.05, 0) is 29.2 Å². The lowest BCUT2D eigenvalue weighted by molar-refractivity contribution is -0.120. The number of methoxy groups -OCH3 is 1. The van der Waals surface area contributed by atoms with Gasteiger partial charge in [0.15, 0.2) is 0 Å². The molecule has 3 rings (SSSR count). The van der Waals surface area contributed by atoms with Gasteiger partial charge in [0, 0.05) is 19.0 Å². The van der Waals surface area contributed by atoms with E-state index in [0.717, 1.165) is 34.1 Å². The van der Waals surface area contributed by atoms with Gasteiger partial charge in [0.05, 0.1) is 19.3 Å². The normalized spacial score (nSPS) is 10.9. The zero-order valence-corrected chi connectivity index (χ0v) is 13.7. The zero-order chi connectivity index (χ0) is 16.8. The lowest BCUT2D eigenvalue weighted by Crippen LogP contribution is -2.27. The molecule has 0 aliphatic heterocycles. The molecule has 1 heterocycles. The second-order valence-corrected chi connectivity index (χ2v) is 5.74. The van der Waals surface area contributed by atoms with Crippen LogP contribution in [0.25, 0.3) is 11.0 Å². The Kier molecular flexibility index (Phi) is 5.29. The van der Waals surface area contributed by atoms with Gasteiger partial charge >= 0.3 is 0 Å². The lowest BCUT2D eigenvalue weighted by atomic mass is 10.0. The number of rotatable bonds is 7. The van der Waals surface area contributed by atoms with Crippen LogP contribution in [-0.2, 0) is 29.0 Å². The van der Waals surface area contributed by atoms with Crippen molar-refractivity contribution in [3.63, 3.8) is 0 Å². The number of ether oxygens (including phenoxy) is 1. The van der Waals surface area contributed by atoms with Crippen molar-refractivity contribution < 1.29 is 13.9 Å². The summed E-state index contributed by atoms with van der Waals surface area (Å²) in [5, 5.41) is 4.09. The van der Waals surface area contributed by atoms with Crippen LogP contribution < -0.4 is 5.32 Å². The van der Waals surface area contributed by atoms with E-state index in [1.807, 2.05) is 48.5 Å². The van der Waals surface area contributed by atoms with E-state index in [-0.39, 0.29) is 5.91 Å². The number of fused-ring (bicyclic) bond motifs is 1. The van der Waals surface area contributed by atoms with E-state index in [4.69, 9.17) is 9.15 Å². The Balaban J connectivity index is 1.55. The lowest BCUT2D eigenvalue weighted by Gasteiger charge is -2.09. The number of amides is 1. The van der Waals surface area contributed by atoms with Crippen LogP contribution in [0.2, 0.25) is 0 Å². The number of nitrogens with one attached hydrogen (secondary N) is 1. The maximum absolute atomic E-state index is 12.2. The van der Waals surface area contributed by atoms with Crippen LogP contribution in [0.3, 0.4) is 0 Å². The van der Waals surface area contributed by atoms with E-state index in [1.54, 1.807) is 13.4 Å². The standard InChI is InChI=1S/C20H21NO3/c1-23-13-16-7-3-2-6-15(16)12-20(22)21-11-10-17-14-24-19-9-5-4-8-18(17)19/h2-9,14H,10-13H2,1H3,(H,21,22). The summed E-state index contributed by atoms with van der Waals surface area (Å²) in [4.78, 5) is 12.2. The van der Waals surface area contributed by atoms with Gasteiger partial charge in [-0.15, -0.1) is 0 Å². The van der Waals surface area contributed by atoms with Crippen molar-refractivity contribution in [2.45, 2.75) is 19.4 Å². The molecule has 0 fully saturated rings. The second kappa shape index (κ2) is 7.79. The van der Waals surface area contributed by atoms with E-state index < -0.39 is 0 Å². The van der Waals surface area contributed by atoms with Crippen LogP contribution in [-0.4, -0.2) is 19.6 Å². The van der Waals surface area contributed by atoms with Crippen LogP contribution >= 0.6 is 0 Å². The van der Waals surface area contributed by atoms with Crippen LogP contribution in [0.4, 0.5) is 0 Å². The molecule has 3 aromatic rings. The number of carbonyl (C=O) groups excluding carboxylic acids is 1. The molecule has 2 aromatic carbocycles. The Morgan fingerprint density at radius 1 is 1.04 bits per heavy atom. The summed E-state index contributed by atoms with van der Waals surface area (Å²) in [6.07, 6.45) is 2.89. The van der Waals surface area contributed by atoms with Crippen molar-refractivity contribution in [1.82, 2.24) is 5.32 Å². The molecule has 0 spiro atoms. The predicted molar refractivity (Wildman–Crippen MR) is 93.8 cm³/mol. The number of para-hydroxylation sites is 1. The molecule has 1 N–H and O–H groups in total. The molecule has 0 unspecified atom stereocenters. The molecule has 0 saturated heterocycles. The molecule has 24 heavy (non-hydrogen) atoms. The SMILES string of the molecule is COCc1ccccc1CC(=O)NCCc1coc2ccccc12. The third kappa shape index (κ3) is 3.84. The highest BCUT2D eigenvalue weighted by Gasteiger charge is 2.09. The smallest absolute Gasteiger partial charge is 0.224 e. The molecule has 0 bridgehead atoms. The van der Waals surface area contributed by atoms with Gasteiger partial charge < -0.3 is 14.5 Å². The summed E-state index contributed by atoms with van der Waals surface area (Å²) in [6.45, 7) is 1.11. The Bertz CT molecular complexity index is 822. The topological polar surface area (TPSA) is 51.5 Å². The summed E-state index contributed by atoms with van der Waals surface area (Å²) in [5.41, 5.74) is 4.06. The van der Waals surface area contributed by atoms with Gasteiger partial charge in [0.2, 0.25) is 5.91 Å². The molecular weight excluding hydrogens is 302 g/mol. The molecule has 4 nitrogen and oxygen atoms in total. The van der Waals surface area contributed by atoms with Crippen molar-refractivity contribution in [2.24, 2.45) is 0 Å². The average Bonchev–Trinajstić information content (AvgIpc) is 3.00.